The SMILES string of the molecule is C/C=C/N=C(/C(F)=C/n1c(C)cc(OS(=O)(=O)C(F)(F)F)c(Cl)c1=O)c1cccc(C(C)(C)NC(C)=O)c1F. The van der Waals surface area contributed by atoms with Crippen LogP contribution in [0, 0.1) is 12.7 Å². The number of aliphatic imine (C=N–C) groups is 1. The Morgan fingerprint density at radius 1 is 1.23 bits per heavy atom. The summed E-state index contributed by atoms with van der Waals surface area (Å²) in [6.45, 7) is 6.98. The van der Waals surface area contributed by atoms with Gasteiger partial charge in [0.1, 0.15) is 16.6 Å². The highest BCUT2D eigenvalue weighted by molar-refractivity contribution is 7.88. The van der Waals surface area contributed by atoms with Gasteiger partial charge in [-0.25, -0.2) is 8.78 Å². The van der Waals surface area contributed by atoms with Gasteiger partial charge in [-0.3, -0.25) is 19.1 Å². The summed E-state index contributed by atoms with van der Waals surface area (Å²) in [5, 5.41) is 1.49. The fraction of sp³-hybridized carbons (Fsp3) is 0.292. The molecule has 1 N–H and O–H groups in total. The molecule has 1 amide bonds. The van der Waals surface area contributed by atoms with E-state index in [-0.39, 0.29) is 16.8 Å². The third-order valence-electron chi connectivity index (χ3n) is 5.06. The maximum atomic E-state index is 15.6. The number of hydrogen-bond donors (Lipinski definition) is 1. The van der Waals surface area contributed by atoms with E-state index in [1.807, 2.05) is 0 Å². The Bertz CT molecular complexity index is 1540. The number of pyridine rings is 1. The zero-order valence-electron chi connectivity index (χ0n) is 21.2. The zero-order chi connectivity index (χ0) is 29.9. The summed E-state index contributed by atoms with van der Waals surface area (Å²) in [4.78, 5) is 28.2. The first-order valence-corrected chi connectivity index (χ1v) is 12.7. The van der Waals surface area contributed by atoms with Crippen LogP contribution in [0.5, 0.6) is 5.75 Å². The summed E-state index contributed by atoms with van der Waals surface area (Å²) in [5.74, 6) is -3.75. The van der Waals surface area contributed by atoms with Crippen LogP contribution in [-0.2, 0) is 20.5 Å². The number of allylic oxidation sites excluding steroid dienone is 2. The Balaban J connectivity index is 2.70. The smallest absolute Gasteiger partial charge is 0.374 e. The number of hydrogen-bond acceptors (Lipinski definition) is 6. The molecular weight excluding hydrogens is 573 g/mol. The van der Waals surface area contributed by atoms with Crippen LogP contribution in [0.1, 0.15) is 44.5 Å². The molecule has 1 heterocycles. The molecule has 0 unspecified atom stereocenters. The highest BCUT2D eigenvalue weighted by Gasteiger charge is 2.49. The van der Waals surface area contributed by atoms with Crippen molar-refractivity contribution in [2.45, 2.75) is 45.7 Å². The summed E-state index contributed by atoms with van der Waals surface area (Å²) in [6, 6.07) is 4.67. The summed E-state index contributed by atoms with van der Waals surface area (Å²) < 4.78 is 96.4. The lowest BCUT2D eigenvalue weighted by atomic mass is 9.90. The Hall–Kier alpha value is -3.52. The molecule has 0 fully saturated rings. The van der Waals surface area contributed by atoms with Crippen molar-refractivity contribution in [3.05, 3.63) is 80.4 Å². The first-order valence-electron chi connectivity index (χ1n) is 10.9. The van der Waals surface area contributed by atoms with Crippen molar-refractivity contribution in [3.63, 3.8) is 0 Å². The van der Waals surface area contributed by atoms with Gasteiger partial charge in [0.2, 0.25) is 5.91 Å². The van der Waals surface area contributed by atoms with Crippen LogP contribution in [0.3, 0.4) is 0 Å². The maximum Gasteiger partial charge on any atom is 0.534 e. The zero-order valence-corrected chi connectivity index (χ0v) is 22.7. The van der Waals surface area contributed by atoms with Gasteiger partial charge in [-0.2, -0.15) is 21.6 Å². The molecule has 212 valence electrons. The van der Waals surface area contributed by atoms with Crippen LogP contribution in [0.4, 0.5) is 22.0 Å². The van der Waals surface area contributed by atoms with E-state index in [1.54, 1.807) is 6.92 Å². The molecule has 0 bridgehead atoms. The maximum absolute atomic E-state index is 15.6. The third kappa shape index (κ3) is 7.12. The van der Waals surface area contributed by atoms with Gasteiger partial charge in [0.25, 0.3) is 5.56 Å². The third-order valence-corrected chi connectivity index (χ3v) is 6.38. The summed E-state index contributed by atoms with van der Waals surface area (Å²) >= 11 is 5.75. The van der Waals surface area contributed by atoms with E-state index in [0.717, 1.165) is 13.1 Å². The molecule has 0 saturated heterocycles. The Kier molecular flexibility index (Phi) is 9.51. The molecule has 2 rings (SSSR count). The Morgan fingerprint density at radius 3 is 2.38 bits per heavy atom. The standard InChI is InChI=1S/C24H23ClF5N3O5S/c1-6-10-31-21(15-8-7-9-16(20(15)27)23(4,5)32-14(3)34)17(26)12-33-13(2)11-18(19(25)22(33)35)38-39(36,37)24(28,29)30/h6-12H,1-5H3,(H,32,34)/b10-6+,17-12-,31-21+. The molecular formula is C24H23ClF5N3O5S. The van der Waals surface area contributed by atoms with Crippen LogP contribution < -0.4 is 15.1 Å². The van der Waals surface area contributed by atoms with Crippen molar-refractivity contribution in [1.29, 1.82) is 0 Å². The second-order valence-corrected chi connectivity index (χ2v) is 10.4. The van der Waals surface area contributed by atoms with E-state index < -0.39 is 60.8 Å². The molecule has 1 aromatic carbocycles. The average molecular weight is 596 g/mol. The van der Waals surface area contributed by atoms with Gasteiger partial charge in [-0.1, -0.05) is 29.8 Å². The second kappa shape index (κ2) is 11.7. The van der Waals surface area contributed by atoms with Crippen LogP contribution in [-0.4, -0.2) is 30.1 Å². The Labute approximate surface area is 225 Å². The predicted octanol–water partition coefficient (Wildman–Crippen LogP) is 5.34. The molecule has 0 atom stereocenters. The molecule has 0 saturated carbocycles. The number of nitrogens with one attached hydrogen (secondary N) is 1. The number of carbonyl (C=O) groups excluding carboxylic acids is 1. The van der Waals surface area contributed by atoms with Gasteiger partial charge in [-0.05, 0) is 33.8 Å². The van der Waals surface area contributed by atoms with Crippen LogP contribution in [0.25, 0.3) is 6.20 Å². The van der Waals surface area contributed by atoms with E-state index in [4.69, 9.17) is 11.6 Å². The average Bonchev–Trinajstić information content (AvgIpc) is 2.79. The number of halogens is 6. The van der Waals surface area contributed by atoms with Crippen molar-refractivity contribution in [2.24, 2.45) is 4.99 Å². The second-order valence-electron chi connectivity index (χ2n) is 8.53. The lowest BCUT2D eigenvalue weighted by Crippen LogP contribution is -2.40. The van der Waals surface area contributed by atoms with Crippen LogP contribution in [0.2, 0.25) is 5.02 Å². The molecule has 0 aliphatic heterocycles. The lowest BCUT2D eigenvalue weighted by molar-refractivity contribution is -0.120. The van der Waals surface area contributed by atoms with Gasteiger partial charge in [0.05, 0.1) is 11.7 Å². The minimum atomic E-state index is -6.15. The number of aromatic nitrogens is 1. The number of aryl methyl sites for hydroxylation is 1. The molecule has 0 aliphatic carbocycles. The number of amides is 1. The van der Waals surface area contributed by atoms with Crippen molar-refractivity contribution < 1.29 is 39.3 Å². The van der Waals surface area contributed by atoms with Gasteiger partial charge in [0.15, 0.2) is 11.6 Å². The fourth-order valence-electron chi connectivity index (χ4n) is 3.37. The minimum Gasteiger partial charge on any atom is -0.374 e. The van der Waals surface area contributed by atoms with Gasteiger partial charge >= 0.3 is 15.6 Å². The quantitative estimate of drug-likeness (QED) is 0.192. The van der Waals surface area contributed by atoms with Crippen molar-refractivity contribution >= 4 is 39.5 Å². The molecule has 0 aliphatic rings. The summed E-state index contributed by atoms with van der Waals surface area (Å²) in [5.41, 5.74) is -9.52. The summed E-state index contributed by atoms with van der Waals surface area (Å²) in [6.07, 6.45) is 3.12. The van der Waals surface area contributed by atoms with Gasteiger partial charge in [0, 0.05) is 36.0 Å². The van der Waals surface area contributed by atoms with Crippen molar-refractivity contribution in [1.82, 2.24) is 9.88 Å². The number of benzene rings is 1. The lowest BCUT2D eigenvalue weighted by Gasteiger charge is -2.27. The molecule has 8 nitrogen and oxygen atoms in total. The van der Waals surface area contributed by atoms with Gasteiger partial charge in [-0.15, -0.1) is 0 Å². The van der Waals surface area contributed by atoms with E-state index in [1.165, 1.54) is 45.0 Å². The topological polar surface area (TPSA) is 107 Å². The number of rotatable bonds is 8. The highest BCUT2D eigenvalue weighted by atomic mass is 35.5. The molecule has 0 radical (unpaired) electrons. The van der Waals surface area contributed by atoms with Crippen LogP contribution in [0.15, 0.2) is 52.2 Å². The van der Waals surface area contributed by atoms with Crippen molar-refractivity contribution in [3.8, 4) is 5.75 Å². The first-order chi connectivity index (χ1) is 17.8. The fourth-order valence-corrected chi connectivity index (χ4v) is 4.06. The number of alkyl halides is 3. The highest BCUT2D eigenvalue weighted by Crippen LogP contribution is 2.31. The van der Waals surface area contributed by atoms with Gasteiger partial charge < -0.3 is 9.50 Å². The van der Waals surface area contributed by atoms with E-state index in [0.29, 0.717) is 16.8 Å². The predicted molar refractivity (Wildman–Crippen MR) is 136 cm³/mol. The number of carbonyl (C=O) groups is 1. The molecule has 15 heteroatoms. The monoisotopic (exact) mass is 595 g/mol. The normalized spacial score (nSPS) is 13.6. The molecule has 0 spiro atoms. The first kappa shape index (κ1) is 31.7. The number of nitrogens with zero attached hydrogens (tertiary/aromatic N) is 2. The summed E-state index contributed by atoms with van der Waals surface area (Å²) in [7, 11) is -6.15. The van der Waals surface area contributed by atoms with Crippen molar-refractivity contribution in [2.75, 3.05) is 0 Å². The van der Waals surface area contributed by atoms with Crippen LogP contribution >= 0.6 is 11.6 Å². The largest absolute Gasteiger partial charge is 0.534 e. The van der Waals surface area contributed by atoms with E-state index in [9.17, 15) is 31.2 Å². The molecule has 39 heavy (non-hydrogen) atoms. The van der Waals surface area contributed by atoms with E-state index >= 15 is 8.78 Å². The van der Waals surface area contributed by atoms with E-state index in [2.05, 4.69) is 14.5 Å². The Morgan fingerprint density at radius 2 is 1.85 bits per heavy atom. The molecule has 1 aromatic heterocycles. The minimum absolute atomic E-state index is 0.0000503. The molecule has 2 aromatic rings.